The summed E-state index contributed by atoms with van der Waals surface area (Å²) < 4.78 is 11.2. The molecule has 0 aliphatic rings. The first-order valence-corrected chi connectivity index (χ1v) is 13.1. The molecule has 0 radical (unpaired) electrons. The van der Waals surface area contributed by atoms with E-state index in [2.05, 4.69) is 35.2 Å². The maximum Gasteiger partial charge on any atom is 0.119 e. The van der Waals surface area contributed by atoms with Gasteiger partial charge in [-0.1, -0.05) is 76.3 Å². The molecule has 0 bridgehead atoms. The molecule has 0 aromatic heterocycles. The van der Waals surface area contributed by atoms with Crippen LogP contribution in [0.25, 0.3) is 0 Å². The molecule has 34 heavy (non-hydrogen) atoms. The van der Waals surface area contributed by atoms with E-state index >= 15 is 0 Å². The van der Waals surface area contributed by atoms with E-state index in [1.807, 2.05) is 36.4 Å². The number of unbranched alkanes of at least 4 members (excludes halogenated alkanes) is 9. The van der Waals surface area contributed by atoms with E-state index in [0.29, 0.717) is 6.61 Å². The van der Waals surface area contributed by atoms with Crippen molar-refractivity contribution in [1.29, 1.82) is 0 Å². The highest BCUT2D eigenvalue weighted by molar-refractivity contribution is 5.43. The van der Waals surface area contributed by atoms with Crippen molar-refractivity contribution in [3.05, 3.63) is 54.1 Å². The highest BCUT2D eigenvalue weighted by Crippen LogP contribution is 2.22. The minimum absolute atomic E-state index is 0.440. The number of hydrogen-bond acceptors (Lipinski definition) is 4. The predicted molar refractivity (Wildman–Crippen MR) is 142 cm³/mol. The first-order valence-electron chi connectivity index (χ1n) is 13.1. The van der Waals surface area contributed by atoms with Crippen LogP contribution in [-0.2, 0) is 11.2 Å². The number of benzene rings is 2. The van der Waals surface area contributed by atoms with Gasteiger partial charge in [-0.25, -0.2) is 0 Å². The molecule has 0 heterocycles. The highest BCUT2D eigenvalue weighted by Gasteiger charge is 1.98. The molecule has 0 aliphatic heterocycles. The van der Waals surface area contributed by atoms with E-state index in [1.54, 1.807) is 0 Å². The molecule has 0 amide bonds. The molecular weight excluding hydrogens is 420 g/mol. The standard InChI is InChI=1S/C30H42N2O2/c1-3-5-15-27-16-18-28(19-17-27)31-32-29-20-22-30(23-21-29)34-26-14-12-10-8-6-7-9-11-13-25-33-24-4-2/h2,16-23H,3,5-15,24-26H2,1H3. The second kappa shape index (κ2) is 18.7. The largest absolute Gasteiger partial charge is 0.494 e. The second-order valence-corrected chi connectivity index (χ2v) is 8.75. The topological polar surface area (TPSA) is 43.2 Å². The van der Waals surface area contributed by atoms with Crippen LogP contribution in [0.2, 0.25) is 0 Å². The monoisotopic (exact) mass is 462 g/mol. The van der Waals surface area contributed by atoms with E-state index in [0.717, 1.165) is 49.6 Å². The Balaban J connectivity index is 1.49. The number of hydrogen-bond donors (Lipinski definition) is 0. The summed E-state index contributed by atoms with van der Waals surface area (Å²) in [5.74, 6) is 3.39. The Labute approximate surface area is 207 Å². The fourth-order valence-electron chi connectivity index (χ4n) is 3.70. The lowest BCUT2D eigenvalue weighted by atomic mass is 10.1. The van der Waals surface area contributed by atoms with Gasteiger partial charge in [0.05, 0.1) is 18.0 Å². The average molecular weight is 463 g/mol. The summed E-state index contributed by atoms with van der Waals surface area (Å²) in [4.78, 5) is 0. The highest BCUT2D eigenvalue weighted by atomic mass is 16.5. The Morgan fingerprint density at radius 2 is 1.21 bits per heavy atom. The third-order valence-electron chi connectivity index (χ3n) is 5.76. The van der Waals surface area contributed by atoms with Crippen LogP contribution < -0.4 is 4.74 Å². The van der Waals surface area contributed by atoms with Crippen LogP contribution in [0.15, 0.2) is 58.8 Å². The molecule has 0 saturated carbocycles. The minimum Gasteiger partial charge on any atom is -0.494 e. The Morgan fingerprint density at radius 1 is 0.676 bits per heavy atom. The van der Waals surface area contributed by atoms with Crippen molar-refractivity contribution in [2.24, 2.45) is 10.2 Å². The molecular formula is C30H42N2O2. The van der Waals surface area contributed by atoms with Crippen LogP contribution in [0.1, 0.15) is 83.1 Å². The van der Waals surface area contributed by atoms with Gasteiger partial charge in [-0.3, -0.25) is 0 Å². The van der Waals surface area contributed by atoms with Gasteiger partial charge in [0, 0.05) is 6.61 Å². The van der Waals surface area contributed by atoms with Gasteiger partial charge >= 0.3 is 0 Å². The molecule has 0 N–H and O–H groups in total. The Bertz CT molecular complexity index is 822. The SMILES string of the molecule is C#CCOCCCCCCCCCCCOc1ccc(N=Nc2ccc(CCCC)cc2)cc1. The first kappa shape index (κ1) is 27.6. The van der Waals surface area contributed by atoms with Gasteiger partial charge in [-0.15, -0.1) is 6.42 Å². The van der Waals surface area contributed by atoms with Crippen molar-refractivity contribution in [3.63, 3.8) is 0 Å². The summed E-state index contributed by atoms with van der Waals surface area (Å²) in [6.45, 7) is 4.22. The number of terminal acetylenes is 1. The van der Waals surface area contributed by atoms with Gasteiger partial charge in [0.25, 0.3) is 0 Å². The van der Waals surface area contributed by atoms with E-state index in [1.165, 1.54) is 63.4 Å². The van der Waals surface area contributed by atoms with Gasteiger partial charge < -0.3 is 9.47 Å². The van der Waals surface area contributed by atoms with Crippen molar-refractivity contribution in [3.8, 4) is 18.1 Å². The van der Waals surface area contributed by atoms with Gasteiger partial charge in [0.1, 0.15) is 12.4 Å². The van der Waals surface area contributed by atoms with Crippen molar-refractivity contribution in [1.82, 2.24) is 0 Å². The molecule has 0 spiro atoms. The van der Waals surface area contributed by atoms with Crippen molar-refractivity contribution in [2.75, 3.05) is 19.8 Å². The van der Waals surface area contributed by atoms with Gasteiger partial charge in [0.2, 0.25) is 0 Å². The molecule has 2 aromatic carbocycles. The summed E-state index contributed by atoms with van der Waals surface area (Å²) in [6.07, 6.45) is 19.9. The molecule has 2 rings (SSSR count). The maximum atomic E-state index is 5.87. The average Bonchev–Trinajstić information content (AvgIpc) is 2.87. The van der Waals surface area contributed by atoms with Crippen LogP contribution in [0.3, 0.4) is 0 Å². The molecule has 0 atom stereocenters. The molecule has 4 heteroatoms. The minimum atomic E-state index is 0.440. The summed E-state index contributed by atoms with van der Waals surface area (Å²) in [5.41, 5.74) is 3.07. The summed E-state index contributed by atoms with van der Waals surface area (Å²) in [5, 5.41) is 8.68. The van der Waals surface area contributed by atoms with Crippen LogP contribution in [0, 0.1) is 12.3 Å². The van der Waals surface area contributed by atoms with E-state index < -0.39 is 0 Å². The lowest BCUT2D eigenvalue weighted by Gasteiger charge is -2.06. The quantitative estimate of drug-likeness (QED) is 0.119. The fourth-order valence-corrected chi connectivity index (χ4v) is 3.70. The molecule has 0 fully saturated rings. The predicted octanol–water partition coefficient (Wildman–Crippen LogP) is 8.98. The Morgan fingerprint density at radius 3 is 1.76 bits per heavy atom. The number of nitrogens with zero attached hydrogens (tertiary/aromatic N) is 2. The smallest absolute Gasteiger partial charge is 0.119 e. The molecule has 4 nitrogen and oxygen atoms in total. The Kier molecular flexibility index (Phi) is 15.2. The van der Waals surface area contributed by atoms with Gasteiger partial charge in [0.15, 0.2) is 0 Å². The third-order valence-corrected chi connectivity index (χ3v) is 5.76. The summed E-state index contributed by atoms with van der Waals surface area (Å²) >= 11 is 0. The van der Waals surface area contributed by atoms with Gasteiger partial charge in [-0.2, -0.15) is 10.2 Å². The first-order chi connectivity index (χ1) is 16.8. The second-order valence-electron chi connectivity index (χ2n) is 8.75. The third kappa shape index (κ3) is 13.2. The number of azo groups is 1. The van der Waals surface area contributed by atoms with Crippen LogP contribution in [0.4, 0.5) is 11.4 Å². The van der Waals surface area contributed by atoms with Gasteiger partial charge in [-0.05, 0) is 67.6 Å². The van der Waals surface area contributed by atoms with Crippen molar-refractivity contribution in [2.45, 2.75) is 84.0 Å². The number of rotatable bonds is 19. The van der Waals surface area contributed by atoms with Crippen molar-refractivity contribution >= 4 is 11.4 Å². The molecule has 0 unspecified atom stereocenters. The van der Waals surface area contributed by atoms with E-state index in [9.17, 15) is 0 Å². The lowest BCUT2D eigenvalue weighted by Crippen LogP contribution is -1.97. The normalized spacial score (nSPS) is 11.1. The molecule has 0 saturated heterocycles. The number of ether oxygens (including phenoxy) is 2. The summed E-state index contributed by atoms with van der Waals surface area (Å²) in [6, 6.07) is 16.2. The van der Waals surface area contributed by atoms with E-state index in [-0.39, 0.29) is 0 Å². The van der Waals surface area contributed by atoms with Crippen LogP contribution >= 0.6 is 0 Å². The Hall–Kier alpha value is -2.64. The molecule has 2 aromatic rings. The zero-order chi connectivity index (χ0) is 24.1. The number of aryl methyl sites for hydroxylation is 1. The molecule has 0 aliphatic carbocycles. The maximum absolute atomic E-state index is 5.87. The lowest BCUT2D eigenvalue weighted by molar-refractivity contribution is 0.162. The van der Waals surface area contributed by atoms with Crippen molar-refractivity contribution < 1.29 is 9.47 Å². The summed E-state index contributed by atoms with van der Waals surface area (Å²) in [7, 11) is 0. The zero-order valence-corrected chi connectivity index (χ0v) is 21.0. The van der Waals surface area contributed by atoms with Crippen LogP contribution in [-0.4, -0.2) is 19.8 Å². The van der Waals surface area contributed by atoms with Crippen LogP contribution in [0.5, 0.6) is 5.75 Å². The molecule has 184 valence electrons. The fraction of sp³-hybridized carbons (Fsp3) is 0.533. The van der Waals surface area contributed by atoms with E-state index in [4.69, 9.17) is 15.9 Å². The zero-order valence-electron chi connectivity index (χ0n) is 21.0.